The number of guanidine groups is 1. The molecule has 1 aliphatic carbocycles. The minimum absolute atomic E-state index is 0. The largest absolute Gasteiger partial charge is 0.370 e. The second-order valence-electron chi connectivity index (χ2n) is 5.20. The molecule has 0 radical (unpaired) electrons. The maximum atomic E-state index is 11.5. The number of aliphatic imine (C=N–C) groups is 1. The van der Waals surface area contributed by atoms with E-state index in [-0.39, 0.29) is 29.9 Å². The van der Waals surface area contributed by atoms with Crippen molar-refractivity contribution in [1.82, 2.24) is 5.32 Å². The zero-order valence-corrected chi connectivity index (χ0v) is 14.6. The van der Waals surface area contributed by atoms with Crippen LogP contribution in [0.15, 0.2) is 29.3 Å². The lowest BCUT2D eigenvalue weighted by Gasteiger charge is -2.06. The number of nitrogens with two attached hydrogens (primary N) is 1. The molecule has 6 heteroatoms. The van der Waals surface area contributed by atoms with E-state index in [0.29, 0.717) is 25.0 Å². The quantitative estimate of drug-likeness (QED) is 0.296. The van der Waals surface area contributed by atoms with Crippen molar-refractivity contribution in [3.05, 3.63) is 29.8 Å². The summed E-state index contributed by atoms with van der Waals surface area (Å²) in [6.07, 6.45) is 3.47. The molecule has 5 nitrogen and oxygen atoms in total. The van der Waals surface area contributed by atoms with Gasteiger partial charge in [-0.2, -0.15) is 0 Å². The van der Waals surface area contributed by atoms with E-state index in [9.17, 15) is 4.79 Å². The number of carbonyl (C=O) groups excluding carboxylic acids is 1. The van der Waals surface area contributed by atoms with Gasteiger partial charge in [0.25, 0.3) is 0 Å². The molecular weight excluding hydrogens is 379 g/mol. The van der Waals surface area contributed by atoms with Gasteiger partial charge in [-0.15, -0.1) is 24.0 Å². The average Bonchev–Trinajstić information content (AvgIpc) is 3.21. The van der Waals surface area contributed by atoms with Crippen molar-refractivity contribution in [2.24, 2.45) is 10.7 Å². The van der Waals surface area contributed by atoms with Gasteiger partial charge in [-0.05, 0) is 38.3 Å². The molecule has 0 bridgehead atoms. The van der Waals surface area contributed by atoms with Crippen LogP contribution in [0, 0.1) is 6.92 Å². The van der Waals surface area contributed by atoms with E-state index in [1.54, 1.807) is 0 Å². The second-order valence-corrected chi connectivity index (χ2v) is 5.20. The van der Waals surface area contributed by atoms with Crippen molar-refractivity contribution < 1.29 is 4.79 Å². The van der Waals surface area contributed by atoms with Crippen LogP contribution in [0.2, 0.25) is 0 Å². The van der Waals surface area contributed by atoms with Crippen molar-refractivity contribution in [2.45, 2.75) is 38.6 Å². The third-order valence-electron chi connectivity index (χ3n) is 3.11. The van der Waals surface area contributed by atoms with Gasteiger partial charge in [-0.1, -0.05) is 17.7 Å². The van der Waals surface area contributed by atoms with Crippen molar-refractivity contribution in [1.29, 1.82) is 0 Å². The zero-order valence-electron chi connectivity index (χ0n) is 12.3. The van der Waals surface area contributed by atoms with Crippen molar-refractivity contribution in [3.8, 4) is 0 Å². The molecule has 1 aromatic carbocycles. The summed E-state index contributed by atoms with van der Waals surface area (Å²) in [5.41, 5.74) is 7.91. The molecule has 0 spiro atoms. The molecule has 0 atom stereocenters. The van der Waals surface area contributed by atoms with Gasteiger partial charge >= 0.3 is 0 Å². The zero-order chi connectivity index (χ0) is 14.4. The topological polar surface area (TPSA) is 79.5 Å². The van der Waals surface area contributed by atoms with E-state index in [4.69, 9.17) is 5.73 Å². The highest BCUT2D eigenvalue weighted by atomic mass is 127. The van der Waals surface area contributed by atoms with E-state index < -0.39 is 0 Å². The van der Waals surface area contributed by atoms with Crippen molar-refractivity contribution in [3.63, 3.8) is 0 Å². The molecule has 1 aromatic rings. The Morgan fingerprint density at radius 1 is 1.33 bits per heavy atom. The van der Waals surface area contributed by atoms with Gasteiger partial charge in [0.05, 0.1) is 0 Å². The molecule has 0 saturated heterocycles. The van der Waals surface area contributed by atoms with E-state index in [1.807, 2.05) is 31.2 Å². The molecule has 21 heavy (non-hydrogen) atoms. The highest BCUT2D eigenvalue weighted by Gasteiger charge is 2.22. The summed E-state index contributed by atoms with van der Waals surface area (Å²) in [5, 5.41) is 5.98. The van der Waals surface area contributed by atoms with Crippen LogP contribution in [0.1, 0.15) is 31.2 Å². The second kappa shape index (κ2) is 8.86. The lowest BCUT2D eigenvalue weighted by molar-refractivity contribution is -0.121. The van der Waals surface area contributed by atoms with Gasteiger partial charge in [-0.25, -0.2) is 0 Å². The lowest BCUT2D eigenvalue weighted by atomic mass is 10.2. The normalized spacial score (nSPS) is 14.2. The number of nitrogens with zero attached hydrogens (tertiary/aromatic N) is 1. The first-order valence-corrected chi connectivity index (χ1v) is 7.06. The number of rotatable bonds is 6. The summed E-state index contributed by atoms with van der Waals surface area (Å²) in [6.45, 7) is 2.59. The number of hydrogen-bond acceptors (Lipinski definition) is 2. The molecule has 2 rings (SSSR count). The van der Waals surface area contributed by atoms with Crippen molar-refractivity contribution >= 4 is 41.5 Å². The smallest absolute Gasteiger partial charge is 0.220 e. The Kier molecular flexibility index (Phi) is 7.49. The number of carbonyl (C=O) groups is 1. The van der Waals surface area contributed by atoms with Gasteiger partial charge in [0.2, 0.25) is 5.91 Å². The Morgan fingerprint density at radius 2 is 2.00 bits per heavy atom. The molecular formula is C15H23IN4O. The fraction of sp³-hybridized carbons (Fsp3) is 0.467. The fourth-order valence-electron chi connectivity index (χ4n) is 1.79. The Morgan fingerprint density at radius 3 is 2.62 bits per heavy atom. The molecule has 1 saturated carbocycles. The predicted octanol–water partition coefficient (Wildman–Crippen LogP) is 2.40. The van der Waals surface area contributed by atoms with Crippen molar-refractivity contribution in [2.75, 3.05) is 11.9 Å². The van der Waals surface area contributed by atoms with Crippen LogP contribution in [0.3, 0.4) is 0 Å². The molecule has 116 valence electrons. The number of anilines is 1. The Bertz CT molecular complexity index is 483. The molecule has 4 N–H and O–H groups in total. The minimum Gasteiger partial charge on any atom is -0.370 e. The number of amides is 1. The molecule has 1 fully saturated rings. The minimum atomic E-state index is 0. The average molecular weight is 402 g/mol. The highest BCUT2D eigenvalue weighted by Crippen LogP contribution is 2.18. The summed E-state index contributed by atoms with van der Waals surface area (Å²) in [5.74, 6) is 0.504. The number of hydrogen-bond donors (Lipinski definition) is 3. The molecule has 0 heterocycles. The number of nitrogens with one attached hydrogen (secondary N) is 2. The first kappa shape index (κ1) is 17.7. The van der Waals surface area contributed by atoms with Gasteiger partial charge < -0.3 is 16.4 Å². The van der Waals surface area contributed by atoms with Crippen LogP contribution >= 0.6 is 24.0 Å². The Balaban J connectivity index is 0.00000220. The maximum Gasteiger partial charge on any atom is 0.220 e. The van der Waals surface area contributed by atoms with Gasteiger partial charge in [0.15, 0.2) is 5.96 Å². The Labute approximate surface area is 142 Å². The summed E-state index contributed by atoms with van der Waals surface area (Å²) >= 11 is 0. The standard InChI is InChI=1S/C15H22N4O.HI/c1-11-4-6-13(7-5-11)19-15(16)17-10-2-3-14(20)18-12-8-9-12;/h4-7,12H,2-3,8-10H2,1H3,(H,18,20)(H3,16,17,19);1H. The van der Waals surface area contributed by atoms with Gasteiger partial charge in [0.1, 0.15) is 0 Å². The summed E-state index contributed by atoms with van der Waals surface area (Å²) in [4.78, 5) is 15.7. The van der Waals surface area contributed by atoms with Crippen LogP contribution in [-0.2, 0) is 4.79 Å². The maximum absolute atomic E-state index is 11.5. The van der Waals surface area contributed by atoms with Crippen LogP contribution in [0.25, 0.3) is 0 Å². The van der Waals surface area contributed by atoms with Crippen LogP contribution < -0.4 is 16.4 Å². The third-order valence-corrected chi connectivity index (χ3v) is 3.11. The number of benzene rings is 1. The molecule has 0 aromatic heterocycles. The van der Waals surface area contributed by atoms with Gasteiger partial charge in [-0.3, -0.25) is 9.79 Å². The molecule has 1 aliphatic rings. The SMILES string of the molecule is Cc1ccc(NC(N)=NCCCC(=O)NC2CC2)cc1.I. The monoisotopic (exact) mass is 402 g/mol. The molecule has 0 unspecified atom stereocenters. The van der Waals surface area contributed by atoms with E-state index in [2.05, 4.69) is 15.6 Å². The molecule has 1 amide bonds. The number of halogens is 1. The fourth-order valence-corrected chi connectivity index (χ4v) is 1.79. The predicted molar refractivity (Wildman–Crippen MR) is 97.1 cm³/mol. The lowest BCUT2D eigenvalue weighted by Crippen LogP contribution is -2.25. The summed E-state index contributed by atoms with van der Waals surface area (Å²) < 4.78 is 0. The highest BCUT2D eigenvalue weighted by molar-refractivity contribution is 14.0. The van der Waals surface area contributed by atoms with Crippen LogP contribution in [-0.4, -0.2) is 24.5 Å². The molecule has 0 aliphatic heterocycles. The van der Waals surface area contributed by atoms with E-state index >= 15 is 0 Å². The summed E-state index contributed by atoms with van der Waals surface area (Å²) in [6, 6.07) is 8.37. The van der Waals surface area contributed by atoms with E-state index in [1.165, 1.54) is 5.56 Å². The van der Waals surface area contributed by atoms with Gasteiger partial charge in [0, 0.05) is 24.7 Å². The van der Waals surface area contributed by atoms with Crippen LogP contribution in [0.4, 0.5) is 5.69 Å². The Hall–Kier alpha value is -1.31. The first-order chi connectivity index (χ1) is 9.63. The number of aryl methyl sites for hydroxylation is 1. The summed E-state index contributed by atoms with van der Waals surface area (Å²) in [7, 11) is 0. The third kappa shape index (κ3) is 7.31. The van der Waals surface area contributed by atoms with E-state index in [0.717, 1.165) is 24.9 Å². The van der Waals surface area contributed by atoms with Crippen LogP contribution in [0.5, 0.6) is 0 Å². The first-order valence-electron chi connectivity index (χ1n) is 7.06.